The Labute approximate surface area is 353 Å². The zero-order valence-corrected chi connectivity index (χ0v) is 41.2. The number of hydrogen-bond donors (Lipinski definition) is 0. The average molecular weight is 844 g/mol. The van der Waals surface area contributed by atoms with E-state index in [4.69, 9.17) is 0 Å². The van der Waals surface area contributed by atoms with Crippen LogP contribution in [-0.4, -0.2) is 26.2 Å². The van der Waals surface area contributed by atoms with E-state index in [1.807, 2.05) is 0 Å². The summed E-state index contributed by atoms with van der Waals surface area (Å²) in [6.45, 7) is 9.64. The molecule has 0 unspecified atom stereocenters. The van der Waals surface area contributed by atoms with Crippen LogP contribution in [0.4, 0.5) is 0 Å². The third-order valence-electron chi connectivity index (χ3n) is 12.5. The topological polar surface area (TPSA) is 0 Å². The molecule has 0 nitrogen and oxygen atoms in total. The fourth-order valence-electron chi connectivity index (χ4n) is 8.67. The standard InChI is InChI=1S/C52H108BrP/c1-5-6-7-8-9-10-11-12-13-14-15-16-17-18-19-20-21-22-23-24-25-26-27-28-29-30-31-32-33-34-35-36-37-38-39-40-41-42-43-44-45-46-47-48-49-50-51-52-54(2,3,4)53/h5-52H2,1-4H3. The van der Waals surface area contributed by atoms with E-state index in [0.29, 0.717) is 0 Å². The first-order chi connectivity index (χ1) is 26.3. The number of hydrogen-bond acceptors (Lipinski definition) is 0. The summed E-state index contributed by atoms with van der Waals surface area (Å²) >= 11 is 4.00. The number of unbranched alkanes of at least 4 members (excludes halogenated alkanes) is 46. The van der Waals surface area contributed by atoms with Crippen LogP contribution in [0.5, 0.6) is 0 Å². The predicted octanol–water partition coefficient (Wildman–Crippen LogP) is 21.1. The molecule has 0 aromatic carbocycles. The molecule has 0 heterocycles. The molecule has 0 atom stereocenters. The molecular formula is C52H108BrP. The first-order valence-corrected chi connectivity index (χ1v) is 31.8. The van der Waals surface area contributed by atoms with Gasteiger partial charge in [-0.05, 0) is 0 Å². The second-order valence-electron chi connectivity index (χ2n) is 19.9. The summed E-state index contributed by atoms with van der Waals surface area (Å²) < 4.78 is 0. The Morgan fingerprint density at radius 2 is 0.315 bits per heavy atom. The molecule has 0 spiro atoms. The SMILES string of the molecule is CCCCCCCCCCCCCCCCCCCCCCCCCCCCCCCCCCCCCCCCCCCCCCCCCP(C)(C)(C)Br. The van der Waals surface area contributed by atoms with Crippen LogP contribution in [0, 0.1) is 0 Å². The Kier molecular flexibility index (Phi) is 44.2. The summed E-state index contributed by atoms with van der Waals surface area (Å²) in [4.78, 5) is 0. The third kappa shape index (κ3) is 52.9. The predicted molar refractivity (Wildman–Crippen MR) is 261 cm³/mol. The van der Waals surface area contributed by atoms with Gasteiger partial charge >= 0.3 is 118 Å². The first-order valence-electron chi connectivity index (χ1n) is 26.0. The van der Waals surface area contributed by atoms with Gasteiger partial charge in [0.25, 0.3) is 0 Å². The normalized spacial score (nSPS) is 12.8. The zero-order valence-electron chi connectivity index (χ0n) is 38.8. The summed E-state index contributed by atoms with van der Waals surface area (Å²) in [6.07, 6.45) is 71.2. The van der Waals surface area contributed by atoms with Crippen LogP contribution in [0.2, 0.25) is 0 Å². The van der Waals surface area contributed by atoms with Crippen LogP contribution in [0.1, 0.15) is 309 Å². The van der Waals surface area contributed by atoms with Crippen molar-refractivity contribution >= 4 is 20.8 Å². The van der Waals surface area contributed by atoms with E-state index in [1.54, 1.807) is 0 Å². The molecule has 0 aliphatic carbocycles. The van der Waals surface area contributed by atoms with Crippen molar-refractivity contribution in [3.05, 3.63) is 0 Å². The van der Waals surface area contributed by atoms with Crippen molar-refractivity contribution in [2.24, 2.45) is 0 Å². The number of rotatable bonds is 48. The van der Waals surface area contributed by atoms with Gasteiger partial charge in [0.15, 0.2) is 0 Å². The van der Waals surface area contributed by atoms with E-state index in [9.17, 15) is 0 Å². The second-order valence-corrected chi connectivity index (χ2v) is 34.1. The molecule has 0 bridgehead atoms. The summed E-state index contributed by atoms with van der Waals surface area (Å²) in [7, 11) is 0. The van der Waals surface area contributed by atoms with Gasteiger partial charge in [0.05, 0.1) is 0 Å². The average Bonchev–Trinajstić information content (AvgIpc) is 3.13. The molecule has 0 saturated heterocycles. The monoisotopic (exact) mass is 843 g/mol. The minimum absolute atomic E-state index is 1.37. The van der Waals surface area contributed by atoms with Gasteiger partial charge in [0, 0.05) is 0 Å². The Morgan fingerprint density at radius 3 is 0.426 bits per heavy atom. The molecule has 0 aromatic heterocycles. The maximum atomic E-state index is 4.00. The van der Waals surface area contributed by atoms with Crippen molar-refractivity contribution in [2.45, 2.75) is 309 Å². The first kappa shape index (κ1) is 54.9. The summed E-state index contributed by atoms with van der Waals surface area (Å²) in [5.41, 5.74) is 0. The van der Waals surface area contributed by atoms with Crippen LogP contribution in [-0.2, 0) is 0 Å². The van der Waals surface area contributed by atoms with Gasteiger partial charge in [-0.2, -0.15) is 0 Å². The minimum atomic E-state index is -1.43. The van der Waals surface area contributed by atoms with Crippen molar-refractivity contribution in [1.82, 2.24) is 0 Å². The van der Waals surface area contributed by atoms with Gasteiger partial charge in [0.1, 0.15) is 0 Å². The summed E-state index contributed by atoms with van der Waals surface area (Å²) in [6, 6.07) is 0. The fraction of sp³-hybridized carbons (Fsp3) is 1.00. The maximum absolute atomic E-state index is 4.00. The quantitative estimate of drug-likeness (QED) is 0.0423. The van der Waals surface area contributed by atoms with Gasteiger partial charge in [0.2, 0.25) is 0 Å². The van der Waals surface area contributed by atoms with Crippen LogP contribution < -0.4 is 0 Å². The second kappa shape index (κ2) is 43.5. The van der Waals surface area contributed by atoms with Crippen molar-refractivity contribution in [2.75, 3.05) is 26.2 Å². The van der Waals surface area contributed by atoms with E-state index in [-0.39, 0.29) is 0 Å². The van der Waals surface area contributed by atoms with Gasteiger partial charge in [-0.1, -0.05) is 238 Å². The Hall–Kier alpha value is 0.910. The molecule has 328 valence electrons. The molecule has 0 amide bonds. The van der Waals surface area contributed by atoms with Crippen molar-refractivity contribution in [3.63, 3.8) is 0 Å². The van der Waals surface area contributed by atoms with Gasteiger partial charge in [-0.25, -0.2) is 0 Å². The van der Waals surface area contributed by atoms with Crippen LogP contribution in [0.15, 0.2) is 0 Å². The van der Waals surface area contributed by atoms with E-state index >= 15 is 0 Å². The van der Waals surface area contributed by atoms with Crippen LogP contribution in [0.3, 0.4) is 0 Å². The van der Waals surface area contributed by atoms with E-state index in [1.165, 1.54) is 308 Å². The summed E-state index contributed by atoms with van der Waals surface area (Å²) in [5, 5.41) is -1.43. The molecule has 54 heavy (non-hydrogen) atoms. The van der Waals surface area contributed by atoms with Crippen LogP contribution in [0.25, 0.3) is 0 Å². The molecule has 2 heteroatoms. The molecule has 0 N–H and O–H groups in total. The van der Waals surface area contributed by atoms with Crippen molar-refractivity contribution in [3.8, 4) is 0 Å². The molecule has 0 aromatic rings. The Balaban J connectivity index is 3.08. The van der Waals surface area contributed by atoms with Gasteiger partial charge in [-0.15, -0.1) is 0 Å². The van der Waals surface area contributed by atoms with Crippen LogP contribution >= 0.6 is 20.8 Å². The van der Waals surface area contributed by atoms with E-state index in [0.717, 1.165) is 0 Å². The van der Waals surface area contributed by atoms with Gasteiger partial charge in [-0.3, -0.25) is 0 Å². The molecule has 0 saturated carbocycles. The van der Waals surface area contributed by atoms with Crippen molar-refractivity contribution < 1.29 is 0 Å². The molecule has 0 rings (SSSR count). The van der Waals surface area contributed by atoms with Gasteiger partial charge < -0.3 is 0 Å². The molecule has 0 radical (unpaired) electrons. The zero-order chi connectivity index (χ0) is 39.4. The third-order valence-corrected chi connectivity index (χ3v) is 15.4. The number of halogens is 1. The molecular weight excluding hydrogens is 735 g/mol. The Bertz CT molecular complexity index is 670. The molecule has 0 aliphatic heterocycles. The molecule has 0 fully saturated rings. The Morgan fingerprint density at radius 1 is 0.204 bits per heavy atom. The van der Waals surface area contributed by atoms with Crippen molar-refractivity contribution in [1.29, 1.82) is 0 Å². The summed E-state index contributed by atoms with van der Waals surface area (Å²) in [5.74, 6) is 0. The fourth-order valence-corrected chi connectivity index (χ4v) is 10.7. The molecule has 0 aliphatic rings. The van der Waals surface area contributed by atoms with E-state index in [2.05, 4.69) is 42.4 Å². The van der Waals surface area contributed by atoms with E-state index < -0.39 is 5.31 Å².